The average molecular weight is 355 g/mol. The molecule has 0 unspecified atom stereocenters. The summed E-state index contributed by atoms with van der Waals surface area (Å²) < 4.78 is 5.06. The summed E-state index contributed by atoms with van der Waals surface area (Å²) in [5.74, 6) is 0.296. The van der Waals surface area contributed by atoms with Gasteiger partial charge in [-0.1, -0.05) is 23.2 Å². The van der Waals surface area contributed by atoms with E-state index in [0.29, 0.717) is 10.0 Å². The van der Waals surface area contributed by atoms with Gasteiger partial charge >= 0.3 is 0 Å². The van der Waals surface area contributed by atoms with Gasteiger partial charge < -0.3 is 10.1 Å². The van der Waals surface area contributed by atoms with Gasteiger partial charge in [0.05, 0.1) is 17.7 Å². The molecule has 2 rings (SSSR count). The van der Waals surface area contributed by atoms with Crippen LogP contribution in [0.2, 0.25) is 10.0 Å². The molecule has 0 atom stereocenters. The van der Waals surface area contributed by atoms with Crippen molar-refractivity contribution in [3.63, 3.8) is 0 Å². The molecule has 0 saturated carbocycles. The van der Waals surface area contributed by atoms with Crippen molar-refractivity contribution in [1.82, 2.24) is 5.32 Å². The quantitative estimate of drug-likeness (QED) is 0.813. The summed E-state index contributed by atoms with van der Waals surface area (Å²) in [6.45, 7) is 0. The van der Waals surface area contributed by atoms with E-state index in [4.69, 9.17) is 40.2 Å². The zero-order valence-corrected chi connectivity index (χ0v) is 13.9. The number of nitrogens with one attached hydrogen (secondary N) is 2. The fraction of sp³-hybridized carbons (Fsp3) is 0.0667. The maximum Gasteiger partial charge on any atom is 0.258 e. The van der Waals surface area contributed by atoms with E-state index in [1.165, 1.54) is 6.07 Å². The Morgan fingerprint density at radius 1 is 1.14 bits per heavy atom. The minimum absolute atomic E-state index is 0.159. The van der Waals surface area contributed by atoms with Gasteiger partial charge in [0, 0.05) is 10.7 Å². The lowest BCUT2D eigenvalue weighted by atomic mass is 10.2. The van der Waals surface area contributed by atoms with Gasteiger partial charge in [0.1, 0.15) is 5.75 Å². The summed E-state index contributed by atoms with van der Waals surface area (Å²) in [6.07, 6.45) is 0. The minimum Gasteiger partial charge on any atom is -0.497 e. The van der Waals surface area contributed by atoms with Crippen LogP contribution < -0.4 is 15.4 Å². The highest BCUT2D eigenvalue weighted by molar-refractivity contribution is 7.80. The first kappa shape index (κ1) is 16.5. The predicted octanol–water partition coefficient (Wildman–Crippen LogP) is 4.13. The van der Waals surface area contributed by atoms with E-state index in [-0.39, 0.29) is 10.7 Å². The summed E-state index contributed by atoms with van der Waals surface area (Å²) in [7, 11) is 1.59. The van der Waals surface area contributed by atoms with E-state index in [0.717, 1.165) is 11.4 Å². The van der Waals surface area contributed by atoms with Crippen LogP contribution in [-0.2, 0) is 0 Å². The summed E-state index contributed by atoms with van der Waals surface area (Å²) >= 11 is 16.9. The molecule has 4 nitrogen and oxygen atoms in total. The Balaban J connectivity index is 2.01. The van der Waals surface area contributed by atoms with Gasteiger partial charge in [-0.2, -0.15) is 0 Å². The molecule has 0 radical (unpaired) electrons. The van der Waals surface area contributed by atoms with E-state index >= 15 is 0 Å². The SMILES string of the molecule is COc1ccc(NC(=S)NC(=O)c2cc(Cl)ccc2Cl)cc1. The number of benzene rings is 2. The Hall–Kier alpha value is -1.82. The molecular formula is C15H12Cl2N2O2S. The molecule has 0 saturated heterocycles. The number of rotatable bonds is 3. The highest BCUT2D eigenvalue weighted by Gasteiger charge is 2.12. The second kappa shape index (κ2) is 7.45. The molecule has 22 heavy (non-hydrogen) atoms. The Labute approximate surface area is 143 Å². The summed E-state index contributed by atoms with van der Waals surface area (Å²) in [5, 5.41) is 6.32. The molecule has 0 spiro atoms. The number of ether oxygens (including phenoxy) is 1. The minimum atomic E-state index is -0.432. The fourth-order valence-electron chi connectivity index (χ4n) is 1.68. The molecule has 0 bridgehead atoms. The standard InChI is InChI=1S/C15H12Cl2N2O2S/c1-21-11-5-3-10(4-6-11)18-15(22)19-14(20)12-8-9(16)2-7-13(12)17/h2-8H,1H3,(H2,18,19,20,22). The molecule has 0 heterocycles. The van der Waals surface area contributed by atoms with Crippen LogP contribution in [0.1, 0.15) is 10.4 Å². The lowest BCUT2D eigenvalue weighted by Gasteiger charge is -2.11. The van der Waals surface area contributed by atoms with Crippen molar-refractivity contribution >= 4 is 52.1 Å². The first-order valence-electron chi connectivity index (χ1n) is 6.21. The number of methoxy groups -OCH3 is 1. The van der Waals surface area contributed by atoms with Gasteiger partial charge in [-0.3, -0.25) is 10.1 Å². The maximum absolute atomic E-state index is 12.1. The molecule has 7 heteroatoms. The topological polar surface area (TPSA) is 50.4 Å². The summed E-state index contributed by atoms with van der Waals surface area (Å²) in [5.41, 5.74) is 0.983. The number of carbonyl (C=O) groups excluding carboxylic acids is 1. The van der Waals surface area contributed by atoms with Crippen molar-refractivity contribution in [2.75, 3.05) is 12.4 Å². The van der Waals surface area contributed by atoms with Crippen molar-refractivity contribution < 1.29 is 9.53 Å². The van der Waals surface area contributed by atoms with Crippen molar-refractivity contribution in [1.29, 1.82) is 0 Å². The van der Waals surface area contributed by atoms with Gasteiger partial charge in [-0.25, -0.2) is 0 Å². The third-order valence-electron chi connectivity index (χ3n) is 2.75. The number of anilines is 1. The molecule has 0 aliphatic rings. The van der Waals surface area contributed by atoms with E-state index in [1.54, 1.807) is 43.5 Å². The third-order valence-corrected chi connectivity index (χ3v) is 3.52. The zero-order chi connectivity index (χ0) is 16.1. The molecule has 0 aliphatic carbocycles. The molecule has 0 aromatic heterocycles. The smallest absolute Gasteiger partial charge is 0.258 e. The van der Waals surface area contributed by atoms with E-state index in [9.17, 15) is 4.79 Å². The van der Waals surface area contributed by atoms with Crippen molar-refractivity contribution in [3.05, 3.63) is 58.1 Å². The Morgan fingerprint density at radius 3 is 2.45 bits per heavy atom. The van der Waals surface area contributed by atoms with Crippen LogP contribution in [0.4, 0.5) is 5.69 Å². The van der Waals surface area contributed by atoms with Crippen molar-refractivity contribution in [3.8, 4) is 5.75 Å². The Kier molecular flexibility index (Phi) is 5.60. The van der Waals surface area contributed by atoms with E-state index in [1.807, 2.05) is 0 Å². The van der Waals surface area contributed by atoms with Gasteiger partial charge in [-0.05, 0) is 54.7 Å². The van der Waals surface area contributed by atoms with Crippen LogP contribution in [0.15, 0.2) is 42.5 Å². The Morgan fingerprint density at radius 2 is 1.82 bits per heavy atom. The average Bonchev–Trinajstić information content (AvgIpc) is 2.50. The maximum atomic E-state index is 12.1. The second-order valence-electron chi connectivity index (χ2n) is 4.26. The third kappa shape index (κ3) is 4.34. The first-order chi connectivity index (χ1) is 10.5. The van der Waals surface area contributed by atoms with Crippen LogP contribution in [-0.4, -0.2) is 18.1 Å². The van der Waals surface area contributed by atoms with Crippen LogP contribution >= 0.6 is 35.4 Å². The molecule has 0 fully saturated rings. The lowest BCUT2D eigenvalue weighted by Crippen LogP contribution is -2.34. The van der Waals surface area contributed by atoms with E-state index < -0.39 is 5.91 Å². The van der Waals surface area contributed by atoms with Gasteiger partial charge in [0.2, 0.25) is 0 Å². The Bertz CT molecular complexity index is 705. The van der Waals surface area contributed by atoms with Crippen LogP contribution in [0.3, 0.4) is 0 Å². The van der Waals surface area contributed by atoms with Gasteiger partial charge in [0.15, 0.2) is 5.11 Å². The number of thiocarbonyl (C=S) groups is 1. The fourth-order valence-corrected chi connectivity index (χ4v) is 2.26. The highest BCUT2D eigenvalue weighted by Crippen LogP contribution is 2.20. The van der Waals surface area contributed by atoms with Crippen LogP contribution in [0.5, 0.6) is 5.75 Å². The van der Waals surface area contributed by atoms with Gasteiger partial charge in [0.25, 0.3) is 5.91 Å². The lowest BCUT2D eigenvalue weighted by molar-refractivity contribution is 0.0978. The highest BCUT2D eigenvalue weighted by atomic mass is 35.5. The van der Waals surface area contributed by atoms with E-state index in [2.05, 4.69) is 10.6 Å². The van der Waals surface area contributed by atoms with Gasteiger partial charge in [-0.15, -0.1) is 0 Å². The predicted molar refractivity (Wildman–Crippen MR) is 93.1 cm³/mol. The van der Waals surface area contributed by atoms with Crippen LogP contribution in [0.25, 0.3) is 0 Å². The molecular weight excluding hydrogens is 343 g/mol. The van der Waals surface area contributed by atoms with Crippen molar-refractivity contribution in [2.45, 2.75) is 0 Å². The zero-order valence-electron chi connectivity index (χ0n) is 11.5. The number of hydrogen-bond donors (Lipinski definition) is 2. The molecule has 2 aromatic carbocycles. The number of hydrogen-bond acceptors (Lipinski definition) is 3. The molecule has 1 amide bonds. The normalized spacial score (nSPS) is 9.95. The number of carbonyl (C=O) groups is 1. The summed E-state index contributed by atoms with van der Waals surface area (Å²) in [6, 6.07) is 11.8. The van der Waals surface area contributed by atoms with Crippen LogP contribution in [0, 0.1) is 0 Å². The first-order valence-corrected chi connectivity index (χ1v) is 7.37. The summed E-state index contributed by atoms with van der Waals surface area (Å²) in [4.78, 5) is 12.1. The monoisotopic (exact) mass is 354 g/mol. The largest absolute Gasteiger partial charge is 0.497 e. The second-order valence-corrected chi connectivity index (χ2v) is 5.51. The molecule has 2 N–H and O–H groups in total. The molecule has 0 aliphatic heterocycles. The molecule has 114 valence electrons. The molecule has 2 aromatic rings. The number of amides is 1. The number of halogens is 2. The van der Waals surface area contributed by atoms with Crippen molar-refractivity contribution in [2.24, 2.45) is 0 Å².